The molecule has 3 fully saturated rings. The average Bonchev–Trinajstić information content (AvgIpc) is 2.97. The molecule has 6 heteroatoms. The fraction of sp³-hybridized carbons (Fsp3) is 0.733. The number of fused-ring (bicyclic) bond motifs is 1. The lowest BCUT2D eigenvalue weighted by Crippen LogP contribution is -2.36. The van der Waals surface area contributed by atoms with Crippen LogP contribution in [0.25, 0.3) is 0 Å². The molecular weight excluding hydrogens is 288 g/mol. The van der Waals surface area contributed by atoms with Crippen LogP contribution >= 0.6 is 11.6 Å². The molecule has 1 aromatic heterocycles. The summed E-state index contributed by atoms with van der Waals surface area (Å²) < 4.78 is 1.62. The minimum atomic E-state index is -0.0117. The second-order valence-electron chi connectivity index (χ2n) is 6.71. The maximum atomic E-state index is 12.7. The van der Waals surface area contributed by atoms with Crippen LogP contribution in [0, 0.1) is 17.8 Å². The number of hydrogen-bond donors (Lipinski definition) is 1. The third-order valence-corrected chi connectivity index (χ3v) is 5.61. The van der Waals surface area contributed by atoms with Crippen LogP contribution in [0.3, 0.4) is 0 Å². The second-order valence-corrected chi connectivity index (χ2v) is 7.12. The maximum Gasteiger partial charge on any atom is 0.291 e. The highest BCUT2D eigenvalue weighted by Crippen LogP contribution is 2.32. The summed E-state index contributed by atoms with van der Waals surface area (Å²) in [5.74, 6) is 1.91. The third-order valence-electron chi connectivity index (χ3n) is 5.34. The first-order chi connectivity index (χ1) is 10.2. The van der Waals surface area contributed by atoms with E-state index in [9.17, 15) is 4.79 Å². The summed E-state index contributed by atoms with van der Waals surface area (Å²) in [6.45, 7) is 4.71. The highest BCUT2D eigenvalue weighted by atomic mass is 35.5. The fourth-order valence-corrected chi connectivity index (χ4v) is 4.08. The lowest BCUT2D eigenvalue weighted by Gasteiger charge is -2.26. The van der Waals surface area contributed by atoms with Crippen molar-refractivity contribution in [2.75, 3.05) is 31.1 Å². The zero-order valence-corrected chi connectivity index (χ0v) is 12.9. The van der Waals surface area contributed by atoms with E-state index in [1.54, 1.807) is 10.9 Å². The quantitative estimate of drug-likeness (QED) is 0.916. The van der Waals surface area contributed by atoms with Crippen molar-refractivity contribution in [2.24, 2.45) is 17.8 Å². The molecule has 2 saturated heterocycles. The van der Waals surface area contributed by atoms with Crippen molar-refractivity contribution in [3.05, 3.63) is 21.6 Å². The average molecular weight is 309 g/mol. The minimum Gasteiger partial charge on any atom is -0.365 e. The van der Waals surface area contributed by atoms with E-state index in [0.717, 1.165) is 32.7 Å². The van der Waals surface area contributed by atoms with E-state index >= 15 is 0 Å². The Balaban J connectivity index is 1.61. The van der Waals surface area contributed by atoms with Crippen LogP contribution in [0.4, 0.5) is 5.69 Å². The molecule has 1 N–H and O–H groups in total. The molecule has 1 aliphatic carbocycles. The maximum absolute atomic E-state index is 12.7. The van der Waals surface area contributed by atoms with Crippen LogP contribution in [0.2, 0.25) is 5.02 Å². The molecule has 0 spiro atoms. The molecular formula is C15H21ClN4O. The number of rotatable bonds is 3. The van der Waals surface area contributed by atoms with Crippen molar-refractivity contribution in [1.82, 2.24) is 15.1 Å². The van der Waals surface area contributed by atoms with Crippen LogP contribution in [0.5, 0.6) is 0 Å². The number of anilines is 1. The molecule has 3 heterocycles. The molecule has 1 aromatic rings. The lowest BCUT2D eigenvalue weighted by molar-refractivity contribution is 0.262. The Morgan fingerprint density at radius 3 is 2.62 bits per heavy atom. The van der Waals surface area contributed by atoms with Gasteiger partial charge in [0.1, 0.15) is 5.69 Å². The van der Waals surface area contributed by atoms with Gasteiger partial charge in [0.05, 0.1) is 11.2 Å². The van der Waals surface area contributed by atoms with Gasteiger partial charge in [-0.25, -0.2) is 4.68 Å². The number of hydrogen-bond acceptors (Lipinski definition) is 4. The zero-order chi connectivity index (χ0) is 14.4. The van der Waals surface area contributed by atoms with E-state index in [1.165, 1.54) is 19.3 Å². The lowest BCUT2D eigenvalue weighted by atomic mass is 9.85. The Hall–Kier alpha value is -1.07. The van der Waals surface area contributed by atoms with Crippen molar-refractivity contribution in [3.8, 4) is 0 Å². The van der Waals surface area contributed by atoms with Gasteiger partial charge in [-0.2, -0.15) is 5.10 Å². The first-order valence-electron chi connectivity index (χ1n) is 7.93. The zero-order valence-electron chi connectivity index (χ0n) is 12.1. The van der Waals surface area contributed by atoms with E-state index in [2.05, 4.69) is 15.3 Å². The van der Waals surface area contributed by atoms with Crippen molar-refractivity contribution in [1.29, 1.82) is 0 Å². The standard InChI is InChI=1S/C15H21ClN4O/c16-13-6-18-20(7-10-2-1-3-10)15(21)14(13)19-8-11-4-17-5-12(11)9-19/h6,10-12,17H,1-5,7-9H2/t11-,12+. The first kappa shape index (κ1) is 13.6. The monoisotopic (exact) mass is 308 g/mol. The summed E-state index contributed by atoms with van der Waals surface area (Å²) in [6.07, 6.45) is 5.35. The molecule has 5 nitrogen and oxygen atoms in total. The van der Waals surface area contributed by atoms with Crippen LogP contribution in [0.1, 0.15) is 19.3 Å². The predicted molar refractivity (Wildman–Crippen MR) is 82.9 cm³/mol. The summed E-state index contributed by atoms with van der Waals surface area (Å²) in [6, 6.07) is 0. The van der Waals surface area contributed by atoms with Crippen molar-refractivity contribution in [3.63, 3.8) is 0 Å². The Labute approximate surface area is 129 Å². The second kappa shape index (κ2) is 5.29. The summed E-state index contributed by atoms with van der Waals surface area (Å²) in [5, 5.41) is 8.16. The van der Waals surface area contributed by atoms with E-state index in [1.807, 2.05) is 0 Å². The summed E-state index contributed by atoms with van der Waals surface area (Å²) >= 11 is 6.29. The molecule has 2 atom stereocenters. The van der Waals surface area contributed by atoms with Crippen molar-refractivity contribution >= 4 is 17.3 Å². The normalized spacial score (nSPS) is 28.7. The molecule has 0 radical (unpaired) electrons. The molecule has 0 amide bonds. The number of halogens is 1. The van der Waals surface area contributed by atoms with Crippen LogP contribution in [-0.4, -0.2) is 36.0 Å². The molecule has 21 heavy (non-hydrogen) atoms. The van der Waals surface area contributed by atoms with E-state index < -0.39 is 0 Å². The van der Waals surface area contributed by atoms with Crippen LogP contribution < -0.4 is 15.8 Å². The molecule has 0 bridgehead atoms. The third kappa shape index (κ3) is 2.36. The SMILES string of the molecule is O=c1c(N2C[C@H]3CNC[C@H]3C2)c(Cl)cnn1CC1CCC1. The number of aromatic nitrogens is 2. The van der Waals surface area contributed by atoms with Gasteiger partial charge in [0.25, 0.3) is 5.56 Å². The van der Waals surface area contributed by atoms with Gasteiger partial charge in [-0.15, -0.1) is 0 Å². The Morgan fingerprint density at radius 2 is 2.00 bits per heavy atom. The summed E-state index contributed by atoms with van der Waals surface area (Å²) in [5.41, 5.74) is 0.655. The number of nitrogens with one attached hydrogen (secondary N) is 1. The van der Waals surface area contributed by atoms with Gasteiger partial charge < -0.3 is 10.2 Å². The first-order valence-corrected chi connectivity index (χ1v) is 8.31. The van der Waals surface area contributed by atoms with Gasteiger partial charge in [0, 0.05) is 32.7 Å². The van der Waals surface area contributed by atoms with Gasteiger partial charge in [0.2, 0.25) is 0 Å². The van der Waals surface area contributed by atoms with Gasteiger partial charge in [0.15, 0.2) is 0 Å². The minimum absolute atomic E-state index is 0.0117. The molecule has 4 rings (SSSR count). The van der Waals surface area contributed by atoms with Crippen LogP contribution in [-0.2, 0) is 6.54 Å². The smallest absolute Gasteiger partial charge is 0.291 e. The molecule has 114 valence electrons. The molecule has 3 aliphatic rings. The predicted octanol–water partition coefficient (Wildman–Crippen LogP) is 1.35. The van der Waals surface area contributed by atoms with E-state index in [-0.39, 0.29) is 5.56 Å². The Bertz CT molecular complexity index is 586. The Kier molecular flexibility index (Phi) is 3.42. The molecule has 1 saturated carbocycles. The number of nitrogens with zero attached hydrogens (tertiary/aromatic N) is 3. The highest BCUT2D eigenvalue weighted by molar-refractivity contribution is 6.33. The van der Waals surface area contributed by atoms with Crippen molar-refractivity contribution < 1.29 is 0 Å². The van der Waals surface area contributed by atoms with E-state index in [4.69, 9.17) is 11.6 Å². The summed E-state index contributed by atoms with van der Waals surface area (Å²) in [4.78, 5) is 14.9. The van der Waals surface area contributed by atoms with Crippen molar-refractivity contribution in [2.45, 2.75) is 25.8 Å². The van der Waals surface area contributed by atoms with Crippen LogP contribution in [0.15, 0.2) is 11.0 Å². The Morgan fingerprint density at radius 1 is 1.29 bits per heavy atom. The largest absolute Gasteiger partial charge is 0.365 e. The van der Waals surface area contributed by atoms with Gasteiger partial charge >= 0.3 is 0 Å². The van der Waals surface area contributed by atoms with Gasteiger partial charge in [-0.05, 0) is 30.6 Å². The van der Waals surface area contributed by atoms with Gasteiger partial charge in [-0.1, -0.05) is 18.0 Å². The summed E-state index contributed by atoms with van der Waals surface area (Å²) in [7, 11) is 0. The van der Waals surface area contributed by atoms with E-state index in [0.29, 0.717) is 28.5 Å². The molecule has 0 aromatic carbocycles. The van der Waals surface area contributed by atoms with Gasteiger partial charge in [-0.3, -0.25) is 4.79 Å². The topological polar surface area (TPSA) is 50.2 Å². The molecule has 2 aliphatic heterocycles. The highest BCUT2D eigenvalue weighted by Gasteiger charge is 2.38. The fourth-order valence-electron chi connectivity index (χ4n) is 3.83. The molecule has 0 unspecified atom stereocenters.